The molecule has 0 saturated carbocycles. The summed E-state index contributed by atoms with van der Waals surface area (Å²) < 4.78 is 21.4. The number of phenols is 2. The normalized spacial score (nSPS) is 14.8. The van der Waals surface area contributed by atoms with E-state index in [4.69, 9.17) is 10.5 Å². The lowest BCUT2D eigenvalue weighted by atomic mass is 10.1. The van der Waals surface area contributed by atoms with E-state index in [0.29, 0.717) is 53.4 Å². The second kappa shape index (κ2) is 8.68. The lowest BCUT2D eigenvalue weighted by Crippen LogP contribution is -2.39. The second-order valence-electron chi connectivity index (χ2n) is 7.96. The van der Waals surface area contributed by atoms with Gasteiger partial charge in [0.15, 0.2) is 17.1 Å². The molecule has 172 valence electrons. The first-order valence-electron chi connectivity index (χ1n) is 10.7. The van der Waals surface area contributed by atoms with Crippen LogP contribution >= 0.6 is 0 Å². The molecule has 0 aliphatic carbocycles. The molecule has 3 heterocycles. The number of nitrogens with zero attached hydrogens (tertiary/aromatic N) is 5. The Labute approximate surface area is 188 Å². The number of halogens is 1. The van der Waals surface area contributed by atoms with E-state index in [1.165, 1.54) is 28.8 Å². The lowest BCUT2D eigenvalue weighted by Gasteiger charge is -2.26. The third-order valence-electron chi connectivity index (χ3n) is 5.67. The highest BCUT2D eigenvalue weighted by atomic mass is 19.1. The highest BCUT2D eigenvalue weighted by Crippen LogP contribution is 2.30. The Morgan fingerprint density at radius 2 is 1.91 bits per heavy atom. The third kappa shape index (κ3) is 4.32. The molecule has 1 fully saturated rings. The first kappa shape index (κ1) is 21.2. The molecular formula is C22H24FN7O3. The van der Waals surface area contributed by atoms with Crippen molar-refractivity contribution in [3.63, 3.8) is 0 Å². The smallest absolute Gasteiger partial charge is 0.240 e. The van der Waals surface area contributed by atoms with Gasteiger partial charge in [-0.05, 0) is 23.8 Å². The minimum atomic E-state index is -0.422. The van der Waals surface area contributed by atoms with Crippen LogP contribution in [0.25, 0.3) is 16.6 Å². The molecule has 2 aromatic heterocycles. The molecule has 1 saturated heterocycles. The van der Waals surface area contributed by atoms with Crippen LogP contribution in [0.5, 0.6) is 11.5 Å². The fourth-order valence-corrected chi connectivity index (χ4v) is 4.06. The van der Waals surface area contributed by atoms with Crippen LogP contribution in [0.2, 0.25) is 0 Å². The Kier molecular flexibility index (Phi) is 5.56. The van der Waals surface area contributed by atoms with Crippen LogP contribution in [-0.4, -0.2) is 74.1 Å². The topological polar surface area (TPSA) is 134 Å². The predicted octanol–water partition coefficient (Wildman–Crippen LogP) is 1.74. The largest absolute Gasteiger partial charge is 0.504 e. The molecule has 11 heteroatoms. The number of rotatable bonds is 6. The number of hydrogen-bond acceptors (Lipinski definition) is 9. The molecule has 2 aromatic carbocycles. The standard InChI is InChI=1S/C22H24FN7O3/c23-14-11-15(25-3-4-29-5-7-33-8-6-29)20-16(12-14)26-19(30-21(20)27-22(24)28-30)10-13-1-2-17(31)18(32)9-13/h1-2,9,11-12,25,31-32H,3-8,10H2,(H2,24,28). The van der Waals surface area contributed by atoms with Crippen molar-refractivity contribution in [2.45, 2.75) is 6.42 Å². The molecule has 5 rings (SSSR count). The average Bonchev–Trinajstić information content (AvgIpc) is 3.18. The maximum atomic E-state index is 14.5. The van der Waals surface area contributed by atoms with Crippen molar-refractivity contribution in [3.05, 3.63) is 47.5 Å². The number of nitrogens with two attached hydrogens (primary N) is 1. The number of phenolic OH excluding ortho intramolecular Hbond substituents is 2. The lowest BCUT2D eigenvalue weighted by molar-refractivity contribution is 0.0398. The van der Waals surface area contributed by atoms with E-state index in [1.54, 1.807) is 6.07 Å². The summed E-state index contributed by atoms with van der Waals surface area (Å²) in [6.07, 6.45) is 0.263. The highest BCUT2D eigenvalue weighted by Gasteiger charge is 2.18. The summed E-state index contributed by atoms with van der Waals surface area (Å²) in [6, 6.07) is 7.28. The van der Waals surface area contributed by atoms with Gasteiger partial charge in [-0.3, -0.25) is 4.90 Å². The highest BCUT2D eigenvalue weighted by molar-refractivity contribution is 6.01. The van der Waals surface area contributed by atoms with Gasteiger partial charge in [0.1, 0.15) is 11.6 Å². The molecule has 5 N–H and O–H groups in total. The minimum absolute atomic E-state index is 0.0719. The van der Waals surface area contributed by atoms with Crippen LogP contribution in [0.3, 0.4) is 0 Å². The van der Waals surface area contributed by atoms with Gasteiger partial charge in [-0.2, -0.15) is 9.50 Å². The molecule has 0 spiro atoms. The number of anilines is 2. The van der Waals surface area contributed by atoms with Crippen molar-refractivity contribution in [2.24, 2.45) is 0 Å². The van der Waals surface area contributed by atoms with E-state index >= 15 is 0 Å². The number of nitrogens with one attached hydrogen (secondary N) is 1. The number of ether oxygens (including phenoxy) is 1. The van der Waals surface area contributed by atoms with Crippen molar-refractivity contribution >= 4 is 28.2 Å². The van der Waals surface area contributed by atoms with Crippen molar-refractivity contribution in [1.29, 1.82) is 0 Å². The SMILES string of the molecule is Nc1nc2c3c(NCCN4CCOCC4)cc(F)cc3nc(Cc3ccc(O)c(O)c3)n2n1. The molecule has 1 aliphatic rings. The summed E-state index contributed by atoms with van der Waals surface area (Å²) in [4.78, 5) is 11.3. The maximum absolute atomic E-state index is 14.5. The molecule has 10 nitrogen and oxygen atoms in total. The molecular weight excluding hydrogens is 429 g/mol. The fraction of sp³-hybridized carbons (Fsp3) is 0.318. The average molecular weight is 453 g/mol. The summed E-state index contributed by atoms with van der Waals surface area (Å²) in [5.74, 6) is -0.330. The van der Waals surface area contributed by atoms with Crippen LogP contribution in [0.1, 0.15) is 11.4 Å². The maximum Gasteiger partial charge on any atom is 0.240 e. The van der Waals surface area contributed by atoms with Crippen LogP contribution in [-0.2, 0) is 11.2 Å². The van der Waals surface area contributed by atoms with Gasteiger partial charge in [0, 0.05) is 38.7 Å². The number of fused-ring (bicyclic) bond motifs is 3. The molecule has 33 heavy (non-hydrogen) atoms. The number of benzene rings is 2. The number of nitrogen functional groups attached to an aromatic ring is 1. The Morgan fingerprint density at radius 3 is 2.70 bits per heavy atom. The van der Waals surface area contributed by atoms with Gasteiger partial charge in [0.25, 0.3) is 0 Å². The van der Waals surface area contributed by atoms with E-state index in [-0.39, 0.29) is 23.9 Å². The number of aromatic hydroxyl groups is 2. The van der Waals surface area contributed by atoms with Crippen molar-refractivity contribution in [3.8, 4) is 11.5 Å². The zero-order valence-corrected chi connectivity index (χ0v) is 17.8. The van der Waals surface area contributed by atoms with Crippen molar-refractivity contribution in [2.75, 3.05) is 50.4 Å². The number of morpholine rings is 1. The Balaban J connectivity index is 1.52. The van der Waals surface area contributed by atoms with Crippen LogP contribution in [0.4, 0.5) is 16.0 Å². The third-order valence-corrected chi connectivity index (χ3v) is 5.67. The molecule has 4 aromatic rings. The summed E-state index contributed by atoms with van der Waals surface area (Å²) in [6.45, 7) is 4.58. The van der Waals surface area contributed by atoms with Gasteiger partial charge in [0.2, 0.25) is 5.95 Å². The minimum Gasteiger partial charge on any atom is -0.504 e. The molecule has 0 radical (unpaired) electrons. The monoisotopic (exact) mass is 453 g/mol. The van der Waals surface area contributed by atoms with Gasteiger partial charge in [-0.1, -0.05) is 6.07 Å². The van der Waals surface area contributed by atoms with Crippen LogP contribution in [0, 0.1) is 5.82 Å². The van der Waals surface area contributed by atoms with Gasteiger partial charge >= 0.3 is 0 Å². The summed E-state index contributed by atoms with van der Waals surface area (Å²) in [7, 11) is 0. The van der Waals surface area contributed by atoms with Gasteiger partial charge in [0.05, 0.1) is 29.8 Å². The zero-order valence-electron chi connectivity index (χ0n) is 17.8. The van der Waals surface area contributed by atoms with Crippen LogP contribution in [0.15, 0.2) is 30.3 Å². The molecule has 0 atom stereocenters. The van der Waals surface area contributed by atoms with Gasteiger partial charge in [-0.25, -0.2) is 9.37 Å². The van der Waals surface area contributed by atoms with E-state index < -0.39 is 5.82 Å². The summed E-state index contributed by atoms with van der Waals surface area (Å²) in [5, 5.41) is 27.6. The quantitative estimate of drug-likeness (QED) is 0.322. The number of aromatic nitrogens is 4. The summed E-state index contributed by atoms with van der Waals surface area (Å²) in [5.41, 5.74) is 8.04. The fourth-order valence-electron chi connectivity index (χ4n) is 4.06. The molecule has 0 bridgehead atoms. The molecule has 1 aliphatic heterocycles. The summed E-state index contributed by atoms with van der Waals surface area (Å²) >= 11 is 0. The van der Waals surface area contributed by atoms with Gasteiger partial charge in [-0.15, -0.1) is 5.10 Å². The molecule has 0 amide bonds. The van der Waals surface area contributed by atoms with Crippen LogP contribution < -0.4 is 11.1 Å². The van der Waals surface area contributed by atoms with Crippen molar-refractivity contribution in [1.82, 2.24) is 24.5 Å². The van der Waals surface area contributed by atoms with E-state index in [2.05, 4.69) is 25.3 Å². The zero-order chi connectivity index (χ0) is 22.9. The Morgan fingerprint density at radius 1 is 1.09 bits per heavy atom. The number of hydrogen-bond donors (Lipinski definition) is 4. The van der Waals surface area contributed by atoms with E-state index in [1.807, 2.05) is 0 Å². The Hall–Kier alpha value is -3.70. The van der Waals surface area contributed by atoms with E-state index in [9.17, 15) is 14.6 Å². The first-order valence-corrected chi connectivity index (χ1v) is 10.7. The predicted molar refractivity (Wildman–Crippen MR) is 121 cm³/mol. The first-order chi connectivity index (χ1) is 16.0. The van der Waals surface area contributed by atoms with Crippen molar-refractivity contribution < 1.29 is 19.3 Å². The Bertz CT molecular complexity index is 1320. The van der Waals surface area contributed by atoms with Gasteiger partial charge < -0.3 is 26.0 Å². The van der Waals surface area contributed by atoms with E-state index in [0.717, 1.165) is 19.6 Å². The second-order valence-corrected chi connectivity index (χ2v) is 7.96. The molecule has 0 unspecified atom stereocenters.